The molecule has 0 saturated carbocycles. The quantitative estimate of drug-likeness (QED) is 0.564. The summed E-state index contributed by atoms with van der Waals surface area (Å²) >= 11 is 0. The average molecular weight is 288 g/mol. The molecule has 0 aromatic heterocycles. The highest BCUT2D eigenvalue weighted by Gasteiger charge is 2.22. The summed E-state index contributed by atoms with van der Waals surface area (Å²) in [4.78, 5) is 2.53. The van der Waals surface area contributed by atoms with E-state index in [4.69, 9.17) is 9.47 Å². The SMILES string of the molecule is CCCC(CNCC(C)C)N(CCOC)C(C)COC. The van der Waals surface area contributed by atoms with Crippen LogP contribution in [0, 0.1) is 5.92 Å². The van der Waals surface area contributed by atoms with E-state index in [2.05, 4.69) is 37.9 Å². The molecular formula is C16H36N2O2. The molecule has 122 valence electrons. The molecule has 0 aliphatic rings. The second kappa shape index (κ2) is 12.6. The van der Waals surface area contributed by atoms with Crippen molar-refractivity contribution in [2.24, 2.45) is 5.92 Å². The van der Waals surface area contributed by atoms with Crippen molar-refractivity contribution in [2.75, 3.05) is 47.1 Å². The standard InChI is InChI=1S/C16H36N2O2/c1-7-8-16(12-17-11-14(2)3)18(9-10-19-5)15(4)13-20-6/h14-17H,7-13H2,1-6H3. The highest BCUT2D eigenvalue weighted by Crippen LogP contribution is 2.11. The van der Waals surface area contributed by atoms with Crippen LogP contribution in [0.5, 0.6) is 0 Å². The van der Waals surface area contributed by atoms with Gasteiger partial charge < -0.3 is 14.8 Å². The Morgan fingerprint density at radius 3 is 2.25 bits per heavy atom. The predicted octanol–water partition coefficient (Wildman–Crippen LogP) is 2.38. The summed E-state index contributed by atoms with van der Waals surface area (Å²) in [6.07, 6.45) is 2.42. The molecule has 0 fully saturated rings. The van der Waals surface area contributed by atoms with Crippen molar-refractivity contribution >= 4 is 0 Å². The van der Waals surface area contributed by atoms with Crippen molar-refractivity contribution < 1.29 is 9.47 Å². The third-order valence-electron chi connectivity index (χ3n) is 3.55. The zero-order chi connectivity index (χ0) is 15.4. The van der Waals surface area contributed by atoms with Crippen molar-refractivity contribution in [2.45, 2.75) is 52.6 Å². The number of hydrogen-bond acceptors (Lipinski definition) is 4. The Labute approximate surface area is 126 Å². The van der Waals surface area contributed by atoms with Crippen LogP contribution in [0.15, 0.2) is 0 Å². The molecule has 1 N–H and O–H groups in total. The van der Waals surface area contributed by atoms with Gasteiger partial charge in [-0.05, 0) is 25.8 Å². The highest BCUT2D eigenvalue weighted by molar-refractivity contribution is 4.79. The zero-order valence-electron chi connectivity index (χ0n) is 14.4. The van der Waals surface area contributed by atoms with Crippen LogP contribution in [-0.4, -0.2) is 64.1 Å². The normalized spacial score (nSPS) is 15.0. The highest BCUT2D eigenvalue weighted by atomic mass is 16.5. The summed E-state index contributed by atoms with van der Waals surface area (Å²) in [5, 5.41) is 3.60. The Morgan fingerprint density at radius 1 is 1.05 bits per heavy atom. The van der Waals surface area contributed by atoms with Crippen LogP contribution in [-0.2, 0) is 9.47 Å². The maximum absolute atomic E-state index is 5.33. The minimum absolute atomic E-state index is 0.424. The first-order valence-electron chi connectivity index (χ1n) is 8.01. The summed E-state index contributed by atoms with van der Waals surface area (Å²) in [6.45, 7) is 13.6. The summed E-state index contributed by atoms with van der Waals surface area (Å²) in [5.74, 6) is 0.695. The minimum atomic E-state index is 0.424. The Hall–Kier alpha value is -0.160. The molecule has 2 atom stereocenters. The van der Waals surface area contributed by atoms with E-state index in [1.165, 1.54) is 12.8 Å². The lowest BCUT2D eigenvalue weighted by molar-refractivity contribution is 0.0437. The predicted molar refractivity (Wildman–Crippen MR) is 86.3 cm³/mol. The number of rotatable bonds is 13. The average Bonchev–Trinajstić information content (AvgIpc) is 2.39. The van der Waals surface area contributed by atoms with Crippen LogP contribution in [0.2, 0.25) is 0 Å². The lowest BCUT2D eigenvalue weighted by Gasteiger charge is -2.36. The maximum atomic E-state index is 5.33. The third-order valence-corrected chi connectivity index (χ3v) is 3.55. The van der Waals surface area contributed by atoms with Crippen LogP contribution in [0.1, 0.15) is 40.5 Å². The van der Waals surface area contributed by atoms with Gasteiger partial charge in [0.25, 0.3) is 0 Å². The van der Waals surface area contributed by atoms with Crippen molar-refractivity contribution in [3.8, 4) is 0 Å². The lowest BCUT2D eigenvalue weighted by atomic mass is 10.1. The first-order valence-corrected chi connectivity index (χ1v) is 8.01. The molecule has 0 amide bonds. The lowest BCUT2D eigenvalue weighted by Crippen LogP contribution is -2.50. The second-order valence-electron chi connectivity index (χ2n) is 6.03. The molecule has 0 saturated heterocycles. The molecule has 0 heterocycles. The monoisotopic (exact) mass is 288 g/mol. The van der Waals surface area contributed by atoms with Gasteiger partial charge in [0, 0.05) is 39.4 Å². The minimum Gasteiger partial charge on any atom is -0.383 e. The van der Waals surface area contributed by atoms with Crippen LogP contribution in [0.25, 0.3) is 0 Å². The number of nitrogens with one attached hydrogen (secondary N) is 1. The molecule has 0 aliphatic carbocycles. The van der Waals surface area contributed by atoms with Gasteiger partial charge in [-0.2, -0.15) is 0 Å². The van der Waals surface area contributed by atoms with Gasteiger partial charge in [0.05, 0.1) is 13.2 Å². The topological polar surface area (TPSA) is 33.7 Å². The molecular weight excluding hydrogens is 252 g/mol. The summed E-state index contributed by atoms with van der Waals surface area (Å²) in [5.41, 5.74) is 0. The van der Waals surface area contributed by atoms with E-state index in [1.807, 2.05) is 0 Å². The molecule has 4 nitrogen and oxygen atoms in total. The van der Waals surface area contributed by atoms with Crippen molar-refractivity contribution in [3.05, 3.63) is 0 Å². The number of ether oxygens (including phenoxy) is 2. The second-order valence-corrected chi connectivity index (χ2v) is 6.03. The Kier molecular flexibility index (Phi) is 12.5. The van der Waals surface area contributed by atoms with Gasteiger partial charge in [0.15, 0.2) is 0 Å². The van der Waals surface area contributed by atoms with E-state index in [0.717, 1.165) is 32.8 Å². The molecule has 4 heteroatoms. The number of methoxy groups -OCH3 is 2. The smallest absolute Gasteiger partial charge is 0.0615 e. The van der Waals surface area contributed by atoms with Gasteiger partial charge in [-0.3, -0.25) is 4.90 Å². The van der Waals surface area contributed by atoms with Crippen LogP contribution < -0.4 is 5.32 Å². The van der Waals surface area contributed by atoms with Crippen molar-refractivity contribution in [1.29, 1.82) is 0 Å². The Morgan fingerprint density at radius 2 is 1.75 bits per heavy atom. The van der Waals surface area contributed by atoms with Gasteiger partial charge in [-0.15, -0.1) is 0 Å². The first kappa shape index (κ1) is 19.8. The van der Waals surface area contributed by atoms with Crippen LogP contribution >= 0.6 is 0 Å². The molecule has 0 aromatic rings. The van der Waals surface area contributed by atoms with Gasteiger partial charge >= 0.3 is 0 Å². The zero-order valence-corrected chi connectivity index (χ0v) is 14.4. The van der Waals surface area contributed by atoms with Crippen molar-refractivity contribution in [3.63, 3.8) is 0 Å². The molecule has 0 aliphatic heterocycles. The van der Waals surface area contributed by atoms with E-state index >= 15 is 0 Å². The van der Waals surface area contributed by atoms with Crippen LogP contribution in [0.4, 0.5) is 0 Å². The molecule has 0 rings (SSSR count). The van der Waals surface area contributed by atoms with E-state index in [9.17, 15) is 0 Å². The number of hydrogen-bond donors (Lipinski definition) is 1. The van der Waals surface area contributed by atoms with Crippen molar-refractivity contribution in [1.82, 2.24) is 10.2 Å². The number of nitrogens with zero attached hydrogens (tertiary/aromatic N) is 1. The largest absolute Gasteiger partial charge is 0.383 e. The van der Waals surface area contributed by atoms with E-state index in [1.54, 1.807) is 14.2 Å². The molecule has 0 bridgehead atoms. The molecule has 0 spiro atoms. The molecule has 0 aromatic carbocycles. The van der Waals surface area contributed by atoms with Gasteiger partial charge in [-0.25, -0.2) is 0 Å². The van der Waals surface area contributed by atoms with E-state index < -0.39 is 0 Å². The first-order chi connectivity index (χ1) is 9.56. The van der Waals surface area contributed by atoms with Gasteiger partial charge in [0.2, 0.25) is 0 Å². The fourth-order valence-electron chi connectivity index (χ4n) is 2.55. The summed E-state index contributed by atoms with van der Waals surface area (Å²) < 4.78 is 10.6. The van der Waals surface area contributed by atoms with Crippen LogP contribution in [0.3, 0.4) is 0 Å². The van der Waals surface area contributed by atoms with E-state index in [0.29, 0.717) is 18.0 Å². The molecule has 20 heavy (non-hydrogen) atoms. The summed E-state index contributed by atoms with van der Waals surface area (Å²) in [6, 6.07) is 0.978. The molecule has 2 unspecified atom stereocenters. The Balaban J connectivity index is 4.53. The van der Waals surface area contributed by atoms with E-state index in [-0.39, 0.29) is 0 Å². The fraction of sp³-hybridized carbons (Fsp3) is 1.00. The fourth-order valence-corrected chi connectivity index (χ4v) is 2.55. The van der Waals surface area contributed by atoms with Gasteiger partial charge in [0.1, 0.15) is 0 Å². The van der Waals surface area contributed by atoms with Gasteiger partial charge in [-0.1, -0.05) is 27.2 Å². The summed E-state index contributed by atoms with van der Waals surface area (Å²) in [7, 11) is 3.54. The molecule has 0 radical (unpaired) electrons. The third kappa shape index (κ3) is 8.90. The Bertz CT molecular complexity index is 213. The maximum Gasteiger partial charge on any atom is 0.0615 e.